The van der Waals surface area contributed by atoms with Crippen LogP contribution in [0.3, 0.4) is 0 Å². The van der Waals surface area contributed by atoms with E-state index < -0.39 is 11.7 Å². The monoisotopic (exact) mass is 486 g/mol. The molecule has 0 unspecified atom stereocenters. The summed E-state index contributed by atoms with van der Waals surface area (Å²) < 4.78 is 56.7. The maximum absolute atomic E-state index is 13.0. The number of rotatable bonds is 8. The van der Waals surface area contributed by atoms with Crippen LogP contribution in [0.1, 0.15) is 32.9 Å². The van der Waals surface area contributed by atoms with Gasteiger partial charge >= 0.3 is 6.18 Å². The van der Waals surface area contributed by atoms with Crippen LogP contribution in [-0.2, 0) is 19.1 Å². The van der Waals surface area contributed by atoms with E-state index in [0.29, 0.717) is 52.6 Å². The van der Waals surface area contributed by atoms with Crippen molar-refractivity contribution in [2.75, 3.05) is 20.8 Å². The average Bonchev–Trinajstić information content (AvgIpc) is 3.35. The maximum Gasteiger partial charge on any atom is 0.416 e. The van der Waals surface area contributed by atoms with Gasteiger partial charge in [0.25, 0.3) is 5.91 Å². The number of aromatic nitrogens is 1. The molecule has 9 heteroatoms. The summed E-state index contributed by atoms with van der Waals surface area (Å²) in [4.78, 5) is 13.0. The number of methoxy groups -OCH3 is 2. The predicted octanol–water partition coefficient (Wildman–Crippen LogP) is 5.60. The van der Waals surface area contributed by atoms with Crippen LogP contribution >= 0.6 is 0 Å². The first kappa shape index (κ1) is 24.3. The molecule has 35 heavy (non-hydrogen) atoms. The SMILES string of the molecule is COc1ccc(CCNC(=O)c2cc3oc(C)cc3n2Cc2ccc(C(F)(F)F)cc2)cc1OC. The molecule has 6 nitrogen and oxygen atoms in total. The highest BCUT2D eigenvalue weighted by molar-refractivity contribution is 5.97. The third-order valence-electron chi connectivity index (χ3n) is 5.71. The Morgan fingerprint density at radius 3 is 2.31 bits per heavy atom. The molecule has 0 aliphatic rings. The number of carbonyl (C=O) groups excluding carboxylic acids is 1. The van der Waals surface area contributed by atoms with Crippen LogP contribution in [-0.4, -0.2) is 31.2 Å². The number of alkyl halides is 3. The van der Waals surface area contributed by atoms with E-state index >= 15 is 0 Å². The van der Waals surface area contributed by atoms with Crippen LogP contribution in [0.4, 0.5) is 13.2 Å². The van der Waals surface area contributed by atoms with E-state index in [0.717, 1.165) is 17.7 Å². The van der Waals surface area contributed by atoms with Gasteiger partial charge in [0.05, 0.1) is 25.3 Å². The second-order valence-corrected chi connectivity index (χ2v) is 8.11. The topological polar surface area (TPSA) is 65.6 Å². The number of nitrogens with one attached hydrogen (secondary N) is 1. The third-order valence-corrected chi connectivity index (χ3v) is 5.71. The second kappa shape index (κ2) is 9.77. The Morgan fingerprint density at radius 1 is 0.971 bits per heavy atom. The average molecular weight is 486 g/mol. The summed E-state index contributed by atoms with van der Waals surface area (Å²) in [6, 6.07) is 13.9. The first-order chi connectivity index (χ1) is 16.7. The van der Waals surface area contributed by atoms with Crippen LogP contribution in [0.25, 0.3) is 11.1 Å². The molecule has 2 aromatic heterocycles. The molecule has 0 atom stereocenters. The van der Waals surface area contributed by atoms with Crippen molar-refractivity contribution in [1.82, 2.24) is 9.88 Å². The number of amides is 1. The number of hydrogen-bond donors (Lipinski definition) is 1. The fourth-order valence-corrected chi connectivity index (χ4v) is 3.95. The molecule has 2 aromatic carbocycles. The summed E-state index contributed by atoms with van der Waals surface area (Å²) >= 11 is 0. The van der Waals surface area contributed by atoms with Gasteiger partial charge in [0.1, 0.15) is 11.5 Å². The molecule has 2 heterocycles. The van der Waals surface area contributed by atoms with E-state index in [1.165, 1.54) is 12.1 Å². The summed E-state index contributed by atoms with van der Waals surface area (Å²) in [7, 11) is 3.13. The maximum atomic E-state index is 13.0. The van der Waals surface area contributed by atoms with Crippen LogP contribution in [0.15, 0.2) is 59.0 Å². The number of hydrogen-bond acceptors (Lipinski definition) is 4. The fourth-order valence-electron chi connectivity index (χ4n) is 3.95. The number of fused-ring (bicyclic) bond motifs is 1. The van der Waals surface area contributed by atoms with E-state index in [2.05, 4.69) is 5.32 Å². The van der Waals surface area contributed by atoms with Crippen molar-refractivity contribution in [2.45, 2.75) is 26.1 Å². The number of furan rings is 1. The fraction of sp³-hybridized carbons (Fsp3) is 0.269. The van der Waals surface area contributed by atoms with Crippen LogP contribution in [0, 0.1) is 6.92 Å². The van der Waals surface area contributed by atoms with E-state index in [4.69, 9.17) is 13.9 Å². The van der Waals surface area contributed by atoms with Crippen molar-refractivity contribution in [1.29, 1.82) is 0 Å². The molecule has 0 saturated carbocycles. The van der Waals surface area contributed by atoms with Gasteiger partial charge in [-0.2, -0.15) is 13.2 Å². The van der Waals surface area contributed by atoms with Crippen molar-refractivity contribution < 1.29 is 31.9 Å². The molecular formula is C26H25F3N2O4. The Kier molecular flexibility index (Phi) is 6.77. The Labute approximate surface area is 200 Å². The summed E-state index contributed by atoms with van der Waals surface area (Å²) in [5, 5.41) is 2.91. The number of halogens is 3. The zero-order valence-electron chi connectivity index (χ0n) is 19.5. The van der Waals surface area contributed by atoms with Gasteiger partial charge in [-0.25, -0.2) is 0 Å². The summed E-state index contributed by atoms with van der Waals surface area (Å²) in [6.07, 6.45) is -3.83. The molecule has 0 radical (unpaired) electrons. The van der Waals surface area contributed by atoms with E-state index in [1.54, 1.807) is 37.8 Å². The number of nitrogens with zero attached hydrogens (tertiary/aromatic N) is 1. The molecule has 0 aliphatic carbocycles. The van der Waals surface area contributed by atoms with Crippen molar-refractivity contribution in [3.8, 4) is 11.5 Å². The van der Waals surface area contributed by atoms with Crippen LogP contribution in [0.2, 0.25) is 0 Å². The highest BCUT2D eigenvalue weighted by Crippen LogP contribution is 2.30. The zero-order valence-corrected chi connectivity index (χ0v) is 19.5. The minimum atomic E-state index is -4.40. The van der Waals surface area contributed by atoms with Gasteiger partial charge < -0.3 is 23.8 Å². The molecule has 4 rings (SSSR count). The normalized spacial score (nSPS) is 11.6. The molecule has 1 amide bonds. The predicted molar refractivity (Wildman–Crippen MR) is 125 cm³/mol. The Hall–Kier alpha value is -3.88. The summed E-state index contributed by atoms with van der Waals surface area (Å²) in [6.45, 7) is 2.39. The first-order valence-electron chi connectivity index (χ1n) is 10.9. The highest BCUT2D eigenvalue weighted by Gasteiger charge is 2.30. The minimum absolute atomic E-state index is 0.221. The lowest BCUT2D eigenvalue weighted by atomic mass is 10.1. The molecule has 1 N–H and O–H groups in total. The lowest BCUT2D eigenvalue weighted by Crippen LogP contribution is -2.28. The number of aryl methyl sites for hydroxylation is 1. The highest BCUT2D eigenvalue weighted by atomic mass is 19.4. The standard InChI is InChI=1S/C26H25F3N2O4/c1-16-12-20-23(35-16)14-21(31(20)15-18-4-7-19(8-5-18)26(27,28)29)25(32)30-11-10-17-6-9-22(33-2)24(13-17)34-3/h4-9,12-14H,10-11,15H2,1-3H3,(H,30,32). The van der Waals surface area contributed by atoms with Gasteiger partial charge in [0.15, 0.2) is 17.1 Å². The Bertz CT molecular complexity index is 1340. The largest absolute Gasteiger partial charge is 0.493 e. The summed E-state index contributed by atoms with van der Waals surface area (Å²) in [5.41, 5.74) is 2.49. The lowest BCUT2D eigenvalue weighted by Gasteiger charge is -2.13. The molecule has 0 aliphatic heterocycles. The molecule has 0 bridgehead atoms. The molecule has 0 spiro atoms. The molecule has 0 fully saturated rings. The van der Waals surface area contributed by atoms with Gasteiger partial charge in [-0.05, 0) is 48.7 Å². The van der Waals surface area contributed by atoms with Crippen molar-refractivity contribution in [3.05, 3.63) is 82.7 Å². The molecule has 4 aromatic rings. The number of ether oxygens (including phenoxy) is 2. The van der Waals surface area contributed by atoms with Crippen molar-refractivity contribution in [3.63, 3.8) is 0 Å². The molecular weight excluding hydrogens is 461 g/mol. The molecule has 0 saturated heterocycles. The van der Waals surface area contributed by atoms with Gasteiger partial charge in [0.2, 0.25) is 0 Å². The van der Waals surface area contributed by atoms with E-state index in [-0.39, 0.29) is 12.5 Å². The quantitative estimate of drug-likeness (QED) is 0.352. The Morgan fingerprint density at radius 2 is 1.66 bits per heavy atom. The molecule has 184 valence electrons. The smallest absolute Gasteiger partial charge is 0.416 e. The number of carbonyl (C=O) groups is 1. The second-order valence-electron chi connectivity index (χ2n) is 8.11. The van der Waals surface area contributed by atoms with Crippen molar-refractivity contribution >= 4 is 17.0 Å². The van der Waals surface area contributed by atoms with Gasteiger partial charge in [0, 0.05) is 25.2 Å². The first-order valence-corrected chi connectivity index (χ1v) is 10.9. The minimum Gasteiger partial charge on any atom is -0.493 e. The summed E-state index contributed by atoms with van der Waals surface area (Å²) in [5.74, 6) is 1.61. The van der Waals surface area contributed by atoms with E-state index in [1.807, 2.05) is 18.2 Å². The van der Waals surface area contributed by atoms with Gasteiger partial charge in [-0.1, -0.05) is 18.2 Å². The van der Waals surface area contributed by atoms with Gasteiger partial charge in [-0.15, -0.1) is 0 Å². The lowest BCUT2D eigenvalue weighted by molar-refractivity contribution is -0.137. The van der Waals surface area contributed by atoms with Gasteiger partial charge in [-0.3, -0.25) is 4.79 Å². The van der Waals surface area contributed by atoms with Crippen LogP contribution < -0.4 is 14.8 Å². The zero-order chi connectivity index (χ0) is 25.2. The third kappa shape index (κ3) is 5.29. The van der Waals surface area contributed by atoms with E-state index in [9.17, 15) is 18.0 Å². The van der Waals surface area contributed by atoms with Crippen LogP contribution in [0.5, 0.6) is 11.5 Å². The number of benzene rings is 2. The van der Waals surface area contributed by atoms with Crippen molar-refractivity contribution in [2.24, 2.45) is 0 Å². The Balaban J connectivity index is 1.51.